The molecule has 0 amide bonds. The monoisotopic (exact) mass is 747 g/mol. The van der Waals surface area contributed by atoms with Crippen molar-refractivity contribution in [2.75, 3.05) is 0 Å². The quantitative estimate of drug-likeness (QED) is 0.180. The van der Waals surface area contributed by atoms with Gasteiger partial charge < -0.3 is 4.74 Å². The summed E-state index contributed by atoms with van der Waals surface area (Å²) in [5.41, 5.74) is 13.4. The first-order valence-electron chi connectivity index (χ1n) is 19.5. The third-order valence-electron chi connectivity index (χ3n) is 11.9. The molecule has 0 atom stereocenters. The predicted octanol–water partition coefficient (Wildman–Crippen LogP) is 13.2. The van der Waals surface area contributed by atoms with Gasteiger partial charge in [0.1, 0.15) is 11.5 Å². The molecule has 9 aromatic rings. The molecule has 0 N–H and O–H groups in total. The number of aryl methyl sites for hydroxylation is 1. The molecular weight excluding hydrogens is 715 g/mol. The molecule has 3 aliphatic rings. The average molecular weight is 748 g/mol. The van der Waals surface area contributed by atoms with Crippen LogP contribution in [0.1, 0.15) is 39.1 Å². The number of aromatic nitrogens is 3. The van der Waals surface area contributed by atoms with Gasteiger partial charge in [-0.15, -0.1) is 11.3 Å². The standard InChI is InChI=1S/C52H33N3OS/c1-2-12-33(13-3-1)49-53-50(55-51(54-49)36-26-28-40-39-16-6-11-21-47(39)57-48(40)31-36)34-24-22-32(23-25-34)35-27-29-46-44(30-35)52(43-19-9-10-20-45(43)56-46)41-17-7-4-14-37(41)38-15-5-8-18-42(38)52/h1-10,12-20,22-31H,11,21H2. The normalized spacial score (nSPS) is 14.0. The zero-order valence-corrected chi connectivity index (χ0v) is 31.6. The van der Waals surface area contributed by atoms with Crippen molar-refractivity contribution in [2.24, 2.45) is 0 Å². The topological polar surface area (TPSA) is 47.9 Å². The fraction of sp³-hybridized carbons (Fsp3) is 0.0577. The summed E-state index contributed by atoms with van der Waals surface area (Å²) in [6.45, 7) is 0. The minimum atomic E-state index is -0.509. The van der Waals surface area contributed by atoms with Crippen LogP contribution in [0.15, 0.2) is 170 Å². The Morgan fingerprint density at radius 2 is 1.05 bits per heavy atom. The van der Waals surface area contributed by atoms with Crippen molar-refractivity contribution >= 4 is 27.5 Å². The van der Waals surface area contributed by atoms with Crippen LogP contribution in [-0.2, 0) is 11.8 Å². The summed E-state index contributed by atoms with van der Waals surface area (Å²) in [4.78, 5) is 16.6. The summed E-state index contributed by atoms with van der Waals surface area (Å²) in [7, 11) is 0. The van der Waals surface area contributed by atoms with Gasteiger partial charge in [0.15, 0.2) is 17.5 Å². The van der Waals surface area contributed by atoms with E-state index in [1.54, 1.807) is 0 Å². The Morgan fingerprint density at radius 1 is 0.474 bits per heavy atom. The number of benzene rings is 7. The van der Waals surface area contributed by atoms with Crippen LogP contribution < -0.4 is 4.74 Å². The van der Waals surface area contributed by atoms with Crippen LogP contribution >= 0.6 is 11.3 Å². The van der Waals surface area contributed by atoms with E-state index >= 15 is 0 Å². The van der Waals surface area contributed by atoms with Crippen LogP contribution in [0.25, 0.3) is 72.6 Å². The van der Waals surface area contributed by atoms with Crippen LogP contribution in [0, 0.1) is 0 Å². The lowest BCUT2D eigenvalue weighted by molar-refractivity contribution is 0.436. The number of para-hydroxylation sites is 1. The molecule has 12 rings (SSSR count). The Kier molecular flexibility index (Phi) is 7.10. The van der Waals surface area contributed by atoms with Crippen molar-refractivity contribution in [2.45, 2.75) is 18.3 Å². The van der Waals surface area contributed by atoms with Crippen molar-refractivity contribution in [1.29, 1.82) is 0 Å². The van der Waals surface area contributed by atoms with Crippen molar-refractivity contribution in [3.8, 4) is 67.9 Å². The summed E-state index contributed by atoms with van der Waals surface area (Å²) >= 11 is 1.88. The molecule has 2 aliphatic carbocycles. The molecule has 0 saturated heterocycles. The third-order valence-corrected chi connectivity index (χ3v) is 13.1. The molecule has 57 heavy (non-hydrogen) atoms. The molecule has 0 saturated carbocycles. The molecule has 5 heteroatoms. The van der Waals surface area contributed by atoms with Crippen LogP contribution in [0.3, 0.4) is 0 Å². The van der Waals surface area contributed by atoms with E-state index in [1.807, 2.05) is 29.5 Å². The smallest absolute Gasteiger partial charge is 0.164 e. The highest BCUT2D eigenvalue weighted by Crippen LogP contribution is 2.62. The van der Waals surface area contributed by atoms with E-state index in [2.05, 4.69) is 158 Å². The molecule has 0 fully saturated rings. The van der Waals surface area contributed by atoms with Crippen LogP contribution in [0.4, 0.5) is 0 Å². The number of hydrogen-bond donors (Lipinski definition) is 0. The van der Waals surface area contributed by atoms with Gasteiger partial charge in [-0.1, -0.05) is 152 Å². The highest BCUT2D eigenvalue weighted by Gasteiger charge is 2.51. The van der Waals surface area contributed by atoms with Crippen LogP contribution in [-0.4, -0.2) is 15.0 Å². The molecule has 2 aromatic heterocycles. The molecule has 1 aliphatic heterocycles. The first-order valence-corrected chi connectivity index (χ1v) is 20.3. The lowest BCUT2D eigenvalue weighted by atomic mass is 9.66. The van der Waals surface area contributed by atoms with Gasteiger partial charge in [0.25, 0.3) is 0 Å². The molecular formula is C52H33N3OS. The number of fused-ring (bicyclic) bond motifs is 12. The van der Waals surface area contributed by atoms with E-state index in [0.717, 1.165) is 63.3 Å². The highest BCUT2D eigenvalue weighted by molar-refractivity contribution is 7.19. The fourth-order valence-corrected chi connectivity index (χ4v) is 10.5. The number of allylic oxidation sites excluding steroid dienone is 1. The second-order valence-electron chi connectivity index (χ2n) is 15.0. The maximum atomic E-state index is 6.68. The molecule has 268 valence electrons. The lowest BCUT2D eigenvalue weighted by Gasteiger charge is -2.39. The van der Waals surface area contributed by atoms with Gasteiger partial charge in [-0.2, -0.15) is 0 Å². The Balaban J connectivity index is 0.970. The Hall–Kier alpha value is -6.95. The van der Waals surface area contributed by atoms with E-state index in [0.29, 0.717) is 17.5 Å². The molecule has 0 bridgehead atoms. The molecule has 0 unspecified atom stereocenters. The van der Waals surface area contributed by atoms with Gasteiger partial charge in [0.2, 0.25) is 0 Å². The van der Waals surface area contributed by atoms with E-state index in [9.17, 15) is 0 Å². The zero-order chi connectivity index (χ0) is 37.5. The van der Waals surface area contributed by atoms with Crippen LogP contribution in [0.5, 0.6) is 11.5 Å². The summed E-state index contributed by atoms with van der Waals surface area (Å²) < 4.78 is 7.94. The lowest BCUT2D eigenvalue weighted by Crippen LogP contribution is -2.32. The number of hydrogen-bond acceptors (Lipinski definition) is 5. The SMILES string of the molecule is C1=Cc2c(sc3cc(-c4nc(-c5ccccc5)nc(-c5ccc(-c6ccc7c(c6)C6(c8ccccc8O7)c7ccccc7-c7ccccc76)cc5)n4)ccc23)CC1. The molecule has 0 radical (unpaired) electrons. The Bertz CT molecular complexity index is 3060. The molecule has 7 aromatic carbocycles. The van der Waals surface area contributed by atoms with Gasteiger partial charge >= 0.3 is 0 Å². The van der Waals surface area contributed by atoms with Crippen molar-refractivity contribution in [3.63, 3.8) is 0 Å². The number of thiophene rings is 1. The maximum Gasteiger partial charge on any atom is 0.164 e. The van der Waals surface area contributed by atoms with Gasteiger partial charge in [-0.05, 0) is 81.4 Å². The first-order chi connectivity index (χ1) is 28.2. The van der Waals surface area contributed by atoms with Gasteiger partial charge in [0.05, 0.1) is 5.41 Å². The first kappa shape index (κ1) is 32.3. The minimum Gasteiger partial charge on any atom is -0.457 e. The largest absolute Gasteiger partial charge is 0.457 e. The number of nitrogens with zero attached hydrogens (tertiary/aromatic N) is 3. The van der Waals surface area contributed by atoms with Gasteiger partial charge in [-0.3, -0.25) is 0 Å². The Morgan fingerprint density at radius 3 is 1.81 bits per heavy atom. The Labute approximate surface area is 334 Å². The van der Waals surface area contributed by atoms with Crippen LogP contribution in [0.2, 0.25) is 0 Å². The molecule has 4 nitrogen and oxygen atoms in total. The fourth-order valence-electron chi connectivity index (χ4n) is 9.29. The van der Waals surface area contributed by atoms with E-state index in [4.69, 9.17) is 19.7 Å². The van der Waals surface area contributed by atoms with E-state index in [1.165, 1.54) is 42.8 Å². The molecule has 1 spiro atoms. The summed E-state index contributed by atoms with van der Waals surface area (Å²) in [6, 6.07) is 58.3. The van der Waals surface area contributed by atoms with Crippen molar-refractivity contribution < 1.29 is 4.74 Å². The molecule has 3 heterocycles. The van der Waals surface area contributed by atoms with E-state index in [-0.39, 0.29) is 0 Å². The third kappa shape index (κ3) is 4.89. The van der Waals surface area contributed by atoms with E-state index < -0.39 is 5.41 Å². The minimum absolute atomic E-state index is 0.509. The summed E-state index contributed by atoms with van der Waals surface area (Å²) in [6.07, 6.45) is 6.75. The highest BCUT2D eigenvalue weighted by atomic mass is 32.1. The second-order valence-corrected chi connectivity index (χ2v) is 16.1. The second kappa shape index (κ2) is 12.5. The van der Waals surface area contributed by atoms with Gasteiger partial charge in [-0.25, -0.2) is 15.0 Å². The zero-order valence-electron chi connectivity index (χ0n) is 30.8. The number of rotatable bonds is 4. The van der Waals surface area contributed by atoms with Crippen molar-refractivity contribution in [3.05, 3.63) is 203 Å². The maximum absolute atomic E-state index is 6.68. The average Bonchev–Trinajstić information content (AvgIpc) is 3.80. The van der Waals surface area contributed by atoms with Gasteiger partial charge in [0, 0.05) is 37.4 Å². The summed E-state index contributed by atoms with van der Waals surface area (Å²) in [5.74, 6) is 3.75. The number of ether oxygens (including phenoxy) is 1. The van der Waals surface area contributed by atoms with Crippen molar-refractivity contribution in [1.82, 2.24) is 15.0 Å². The predicted molar refractivity (Wildman–Crippen MR) is 232 cm³/mol. The summed E-state index contributed by atoms with van der Waals surface area (Å²) in [5, 5.41) is 1.30.